The lowest BCUT2D eigenvalue weighted by Gasteiger charge is -2.38. The molecule has 1 aliphatic heterocycles. The Balaban J connectivity index is 1.89. The zero-order chi connectivity index (χ0) is 30.6. The van der Waals surface area contributed by atoms with Crippen molar-refractivity contribution < 1.29 is 29.0 Å². The van der Waals surface area contributed by atoms with E-state index >= 15 is 0 Å². The Bertz CT molecular complexity index is 1200. The Kier molecular flexibility index (Phi) is 12.2. The Morgan fingerprint density at radius 1 is 1.10 bits per heavy atom. The van der Waals surface area contributed by atoms with E-state index in [1.807, 2.05) is 73.3 Å². The van der Waals surface area contributed by atoms with Crippen LogP contribution in [0.1, 0.15) is 44.7 Å². The fourth-order valence-electron chi connectivity index (χ4n) is 5.28. The summed E-state index contributed by atoms with van der Waals surface area (Å²) in [5.74, 6) is -0.741. The van der Waals surface area contributed by atoms with Gasteiger partial charge in [0.2, 0.25) is 5.91 Å². The van der Waals surface area contributed by atoms with Gasteiger partial charge in [0.15, 0.2) is 6.10 Å². The van der Waals surface area contributed by atoms with Crippen molar-refractivity contribution >= 4 is 23.5 Å². The van der Waals surface area contributed by atoms with Gasteiger partial charge in [-0.1, -0.05) is 62.9 Å². The van der Waals surface area contributed by atoms with E-state index in [-0.39, 0.29) is 12.5 Å². The summed E-state index contributed by atoms with van der Waals surface area (Å²) >= 11 is 0. The van der Waals surface area contributed by atoms with Crippen LogP contribution in [0.5, 0.6) is 5.75 Å². The minimum Gasteiger partial charge on any atom is -0.497 e. The number of carbonyl (C=O) groups excluding carboxylic acids is 3. The predicted molar refractivity (Wildman–Crippen MR) is 163 cm³/mol. The molecule has 4 atom stereocenters. The zero-order valence-corrected chi connectivity index (χ0v) is 24.8. The Labute approximate surface area is 248 Å². The van der Waals surface area contributed by atoms with Crippen LogP contribution in [0.4, 0.5) is 5.69 Å². The topological polar surface area (TPSA) is 108 Å². The first-order valence-electron chi connectivity index (χ1n) is 14.3. The first-order chi connectivity index (χ1) is 20.2. The molecule has 0 aromatic heterocycles. The highest BCUT2D eigenvalue weighted by Gasteiger charge is 2.42. The van der Waals surface area contributed by atoms with Gasteiger partial charge < -0.3 is 29.7 Å². The normalized spacial score (nSPS) is 16.7. The number of esters is 1. The Morgan fingerprint density at radius 3 is 2.38 bits per heavy atom. The van der Waals surface area contributed by atoms with Crippen molar-refractivity contribution in [2.24, 2.45) is 5.92 Å². The van der Waals surface area contributed by atoms with Gasteiger partial charge in [0, 0.05) is 18.8 Å². The molecule has 2 N–H and O–H groups in total. The summed E-state index contributed by atoms with van der Waals surface area (Å²) in [5.41, 5.74) is 1.50. The molecule has 0 spiro atoms. The number of rotatable bonds is 15. The van der Waals surface area contributed by atoms with E-state index in [1.54, 1.807) is 13.2 Å². The van der Waals surface area contributed by atoms with Crippen molar-refractivity contribution in [3.63, 3.8) is 0 Å². The second-order valence-corrected chi connectivity index (χ2v) is 10.7. The summed E-state index contributed by atoms with van der Waals surface area (Å²) in [7, 11) is 1.59. The molecule has 2 aromatic carbocycles. The number of methoxy groups -OCH3 is 1. The van der Waals surface area contributed by atoms with Crippen molar-refractivity contribution in [1.29, 1.82) is 0 Å². The molecule has 1 aliphatic rings. The molecule has 226 valence electrons. The lowest BCUT2D eigenvalue weighted by atomic mass is 9.97. The molecular formula is C33H43N3O6. The van der Waals surface area contributed by atoms with Crippen molar-refractivity contribution in [2.45, 2.75) is 57.3 Å². The molecule has 0 aliphatic carbocycles. The molecule has 2 amide bonds. The van der Waals surface area contributed by atoms with Crippen LogP contribution in [0.25, 0.3) is 0 Å². The van der Waals surface area contributed by atoms with Crippen LogP contribution >= 0.6 is 0 Å². The number of hydrogen-bond donors (Lipinski definition) is 2. The van der Waals surface area contributed by atoms with Crippen molar-refractivity contribution in [3.8, 4) is 5.75 Å². The summed E-state index contributed by atoms with van der Waals surface area (Å²) in [6.07, 6.45) is 3.09. The number of amides is 2. The van der Waals surface area contributed by atoms with E-state index in [0.717, 1.165) is 11.3 Å². The number of nitrogens with zero attached hydrogens (tertiary/aromatic N) is 2. The van der Waals surface area contributed by atoms with Gasteiger partial charge in [0.25, 0.3) is 5.91 Å². The van der Waals surface area contributed by atoms with Gasteiger partial charge in [-0.05, 0) is 55.0 Å². The number of aliphatic hydroxyl groups is 1. The second-order valence-electron chi connectivity index (χ2n) is 10.7. The Morgan fingerprint density at radius 2 is 1.79 bits per heavy atom. The van der Waals surface area contributed by atoms with Gasteiger partial charge >= 0.3 is 5.97 Å². The molecule has 0 bridgehead atoms. The molecule has 1 fully saturated rings. The third kappa shape index (κ3) is 8.22. The van der Waals surface area contributed by atoms with Crippen LogP contribution < -0.4 is 15.0 Å². The van der Waals surface area contributed by atoms with Crippen LogP contribution in [0.3, 0.4) is 0 Å². The maximum atomic E-state index is 14.0. The quantitative estimate of drug-likeness (QED) is 0.243. The van der Waals surface area contributed by atoms with Crippen molar-refractivity contribution in [1.82, 2.24) is 10.2 Å². The summed E-state index contributed by atoms with van der Waals surface area (Å²) in [4.78, 5) is 43.4. The van der Waals surface area contributed by atoms with Gasteiger partial charge in [0.05, 0.1) is 13.2 Å². The van der Waals surface area contributed by atoms with Crippen LogP contribution in [-0.4, -0.2) is 72.8 Å². The largest absolute Gasteiger partial charge is 0.497 e. The van der Waals surface area contributed by atoms with Gasteiger partial charge in [-0.3, -0.25) is 9.59 Å². The van der Waals surface area contributed by atoms with E-state index in [1.165, 1.54) is 11.0 Å². The standard InChI is InChI=1S/C33H43N3O6/c1-6-19-35(25-15-17-26(41-5)18-16-25)29(24-12-9-8-10-13-24)30(37)32(39)36-20-11-14-28(36)31(38)34-27(22-23(3)4)33(40)42-21-7-2/h6-10,12-13,15-18,23,27-30,37H,1-2,11,14,19-22H2,3-5H3,(H,34,38)/t27-,28-,29-,30-/m0/s1. The van der Waals surface area contributed by atoms with Gasteiger partial charge in [-0.25, -0.2) is 4.79 Å². The van der Waals surface area contributed by atoms with Crippen LogP contribution in [0, 0.1) is 5.92 Å². The molecule has 42 heavy (non-hydrogen) atoms. The van der Waals surface area contributed by atoms with E-state index in [0.29, 0.717) is 38.1 Å². The minimum absolute atomic E-state index is 0.0415. The fraction of sp³-hybridized carbons (Fsp3) is 0.424. The summed E-state index contributed by atoms with van der Waals surface area (Å²) in [6.45, 7) is 12.1. The highest BCUT2D eigenvalue weighted by atomic mass is 16.5. The smallest absolute Gasteiger partial charge is 0.328 e. The minimum atomic E-state index is -1.49. The molecule has 1 heterocycles. The molecule has 0 radical (unpaired) electrons. The lowest BCUT2D eigenvalue weighted by Crippen LogP contribution is -2.54. The third-order valence-electron chi connectivity index (χ3n) is 7.25. The zero-order valence-electron chi connectivity index (χ0n) is 24.8. The number of nitrogens with one attached hydrogen (secondary N) is 1. The monoisotopic (exact) mass is 577 g/mol. The number of benzene rings is 2. The molecule has 2 aromatic rings. The molecule has 0 unspecified atom stereocenters. The molecular weight excluding hydrogens is 534 g/mol. The molecule has 9 nitrogen and oxygen atoms in total. The molecule has 0 saturated carbocycles. The second kappa shape index (κ2) is 15.8. The van der Waals surface area contributed by atoms with Gasteiger partial charge in [-0.2, -0.15) is 0 Å². The fourth-order valence-corrected chi connectivity index (χ4v) is 5.28. The van der Waals surface area contributed by atoms with Gasteiger partial charge in [0.1, 0.15) is 24.4 Å². The summed E-state index contributed by atoms with van der Waals surface area (Å²) in [5, 5.41) is 14.5. The average Bonchev–Trinajstić information content (AvgIpc) is 3.49. The first kappa shape index (κ1) is 32.4. The average molecular weight is 578 g/mol. The first-order valence-corrected chi connectivity index (χ1v) is 14.3. The predicted octanol–water partition coefficient (Wildman–Crippen LogP) is 4.04. The van der Waals surface area contributed by atoms with E-state index < -0.39 is 42.0 Å². The maximum Gasteiger partial charge on any atom is 0.328 e. The van der Waals surface area contributed by atoms with Crippen molar-refractivity contribution in [2.75, 3.05) is 31.7 Å². The number of likely N-dealkylation sites (tertiary alicyclic amines) is 1. The van der Waals surface area contributed by atoms with Crippen molar-refractivity contribution in [3.05, 3.63) is 85.5 Å². The van der Waals surface area contributed by atoms with E-state index in [2.05, 4.69) is 18.5 Å². The summed E-state index contributed by atoms with van der Waals surface area (Å²) in [6, 6.07) is 14.2. The highest BCUT2D eigenvalue weighted by Crippen LogP contribution is 2.33. The lowest BCUT2D eigenvalue weighted by molar-refractivity contribution is -0.149. The molecule has 1 saturated heterocycles. The third-order valence-corrected chi connectivity index (χ3v) is 7.25. The van der Waals surface area contributed by atoms with E-state index in [4.69, 9.17) is 9.47 Å². The number of anilines is 1. The van der Waals surface area contributed by atoms with Crippen LogP contribution in [0.15, 0.2) is 79.9 Å². The number of carbonyl (C=O) groups is 3. The summed E-state index contributed by atoms with van der Waals surface area (Å²) < 4.78 is 10.5. The molecule has 3 rings (SSSR count). The van der Waals surface area contributed by atoms with Crippen LogP contribution in [-0.2, 0) is 19.1 Å². The number of ether oxygens (including phenoxy) is 2. The van der Waals surface area contributed by atoms with Gasteiger partial charge in [-0.15, -0.1) is 6.58 Å². The SMILES string of the molecule is C=CCOC(=O)[C@H](CC(C)C)NC(=O)[C@@H]1CCCN1C(=O)[C@@H](O)[C@H](c1ccccc1)N(CC=C)c1ccc(OC)cc1. The highest BCUT2D eigenvalue weighted by molar-refractivity contribution is 5.92. The number of aliphatic hydroxyl groups excluding tert-OH is 1. The molecule has 9 heteroatoms. The maximum absolute atomic E-state index is 14.0. The Hall–Kier alpha value is -4.11. The number of hydrogen-bond acceptors (Lipinski definition) is 7. The van der Waals surface area contributed by atoms with E-state index in [9.17, 15) is 19.5 Å². The van der Waals surface area contributed by atoms with Crippen LogP contribution in [0.2, 0.25) is 0 Å².